The molecule has 1 saturated heterocycles. The lowest BCUT2D eigenvalue weighted by Crippen LogP contribution is -2.54. The number of nitrogens with one attached hydrogen (secondary N) is 1. The fourth-order valence-electron chi connectivity index (χ4n) is 3.29. The Labute approximate surface area is 212 Å². The number of rotatable bonds is 6. The van der Waals surface area contributed by atoms with Gasteiger partial charge in [-0.25, -0.2) is 9.69 Å². The number of benzene rings is 3. The Morgan fingerprint density at radius 3 is 2.41 bits per heavy atom. The number of methoxy groups -OCH3 is 1. The maximum absolute atomic E-state index is 13.2. The zero-order valence-electron chi connectivity index (χ0n) is 17.9. The van der Waals surface area contributed by atoms with Gasteiger partial charge >= 0.3 is 6.03 Å². The van der Waals surface area contributed by atoms with Crippen LogP contribution in [0.5, 0.6) is 11.5 Å². The Morgan fingerprint density at radius 1 is 0.971 bits per heavy atom. The van der Waals surface area contributed by atoms with Crippen molar-refractivity contribution in [2.75, 3.05) is 12.0 Å². The summed E-state index contributed by atoms with van der Waals surface area (Å²) in [6, 6.07) is 18.5. The molecular weight excluding hydrogens is 568 g/mol. The standard InChI is InChI=1S/C25H18Br2N2O5/c1-33-19-11-6-15(22(13-19)34-14-16-4-2-3-5-21(16)27)12-20-23(30)28-25(32)29(24(20)31)18-9-7-17(26)8-10-18/h2-13H,14H2,1H3,(H,28,30,32)/b20-12+. The number of nitrogens with zero attached hydrogens (tertiary/aromatic N) is 1. The SMILES string of the molecule is COc1ccc(/C=C2\C(=O)NC(=O)N(c3ccc(Br)cc3)C2=O)c(OCc2ccccc2Br)c1. The normalized spacial score (nSPS) is 14.9. The van der Waals surface area contributed by atoms with E-state index in [1.165, 1.54) is 13.2 Å². The largest absolute Gasteiger partial charge is 0.497 e. The maximum atomic E-state index is 13.2. The molecule has 0 radical (unpaired) electrons. The number of anilines is 1. The smallest absolute Gasteiger partial charge is 0.335 e. The topological polar surface area (TPSA) is 84.9 Å². The Balaban J connectivity index is 1.69. The second-order valence-electron chi connectivity index (χ2n) is 7.22. The van der Waals surface area contributed by atoms with E-state index < -0.39 is 17.8 Å². The number of carbonyl (C=O) groups is 3. The van der Waals surface area contributed by atoms with Gasteiger partial charge in [-0.15, -0.1) is 0 Å². The first kappa shape index (κ1) is 23.7. The number of halogens is 2. The first-order chi connectivity index (χ1) is 16.4. The third-order valence-electron chi connectivity index (χ3n) is 5.05. The lowest BCUT2D eigenvalue weighted by Gasteiger charge is -2.26. The van der Waals surface area contributed by atoms with Crippen LogP contribution in [0.15, 0.2) is 81.2 Å². The molecule has 1 N–H and O–H groups in total. The lowest BCUT2D eigenvalue weighted by molar-refractivity contribution is -0.122. The first-order valence-electron chi connectivity index (χ1n) is 10.1. The number of barbiturate groups is 1. The van der Waals surface area contributed by atoms with Crippen molar-refractivity contribution in [2.24, 2.45) is 0 Å². The molecule has 4 amide bonds. The monoisotopic (exact) mass is 584 g/mol. The molecule has 0 spiro atoms. The molecule has 0 aliphatic carbocycles. The summed E-state index contributed by atoms with van der Waals surface area (Å²) in [5.74, 6) is -0.551. The van der Waals surface area contributed by atoms with Crippen molar-refractivity contribution in [2.45, 2.75) is 6.61 Å². The van der Waals surface area contributed by atoms with Gasteiger partial charge in [0, 0.05) is 26.1 Å². The molecule has 0 unspecified atom stereocenters. The highest BCUT2D eigenvalue weighted by Crippen LogP contribution is 2.30. The fraction of sp³-hybridized carbons (Fsp3) is 0.0800. The first-order valence-corrected chi connectivity index (χ1v) is 11.7. The van der Waals surface area contributed by atoms with E-state index in [2.05, 4.69) is 37.2 Å². The van der Waals surface area contributed by atoms with Gasteiger partial charge < -0.3 is 9.47 Å². The van der Waals surface area contributed by atoms with E-state index in [0.29, 0.717) is 22.7 Å². The highest BCUT2D eigenvalue weighted by molar-refractivity contribution is 9.10. The summed E-state index contributed by atoms with van der Waals surface area (Å²) in [7, 11) is 1.53. The van der Waals surface area contributed by atoms with Crippen LogP contribution < -0.4 is 19.7 Å². The van der Waals surface area contributed by atoms with Gasteiger partial charge in [-0.2, -0.15) is 0 Å². The molecule has 0 atom stereocenters. The molecule has 1 heterocycles. The molecule has 9 heteroatoms. The van der Waals surface area contributed by atoms with Crippen molar-refractivity contribution < 1.29 is 23.9 Å². The number of amides is 4. The molecule has 1 aliphatic heterocycles. The van der Waals surface area contributed by atoms with Gasteiger partial charge in [0.1, 0.15) is 23.7 Å². The zero-order chi connectivity index (χ0) is 24.2. The third kappa shape index (κ3) is 5.05. The Kier molecular flexibility index (Phi) is 7.14. The second kappa shape index (κ2) is 10.2. The Bertz CT molecular complexity index is 1300. The van der Waals surface area contributed by atoms with Crippen molar-refractivity contribution in [3.8, 4) is 11.5 Å². The predicted molar refractivity (Wildman–Crippen MR) is 135 cm³/mol. The van der Waals surface area contributed by atoms with Gasteiger partial charge in [0.15, 0.2) is 0 Å². The van der Waals surface area contributed by atoms with Gasteiger partial charge in [-0.05, 0) is 48.5 Å². The van der Waals surface area contributed by atoms with E-state index in [-0.39, 0.29) is 12.2 Å². The van der Waals surface area contributed by atoms with Crippen molar-refractivity contribution in [1.29, 1.82) is 0 Å². The van der Waals surface area contributed by atoms with Gasteiger partial charge in [0.2, 0.25) is 0 Å². The molecule has 7 nitrogen and oxygen atoms in total. The Hall–Kier alpha value is -3.43. The minimum absolute atomic E-state index is 0.196. The number of hydrogen-bond acceptors (Lipinski definition) is 5. The summed E-state index contributed by atoms with van der Waals surface area (Å²) in [6.07, 6.45) is 1.41. The van der Waals surface area contributed by atoms with Crippen LogP contribution in [0, 0.1) is 0 Å². The van der Waals surface area contributed by atoms with E-state index in [4.69, 9.17) is 9.47 Å². The Morgan fingerprint density at radius 2 is 1.71 bits per heavy atom. The maximum Gasteiger partial charge on any atom is 0.335 e. The summed E-state index contributed by atoms with van der Waals surface area (Å²) < 4.78 is 13.0. The number of hydrogen-bond donors (Lipinski definition) is 1. The van der Waals surface area contributed by atoms with E-state index in [0.717, 1.165) is 19.4 Å². The number of carbonyl (C=O) groups excluding carboxylic acids is 3. The summed E-state index contributed by atoms with van der Waals surface area (Å²) in [6.45, 7) is 0.244. The molecule has 4 rings (SSSR count). The molecule has 34 heavy (non-hydrogen) atoms. The molecule has 0 bridgehead atoms. The molecule has 0 aromatic heterocycles. The zero-order valence-corrected chi connectivity index (χ0v) is 21.1. The average molecular weight is 586 g/mol. The van der Waals surface area contributed by atoms with Crippen molar-refractivity contribution >= 4 is 61.5 Å². The van der Waals surface area contributed by atoms with Crippen molar-refractivity contribution in [3.05, 3.63) is 92.4 Å². The summed E-state index contributed by atoms with van der Waals surface area (Å²) in [4.78, 5) is 39.1. The van der Waals surface area contributed by atoms with Crippen molar-refractivity contribution in [3.63, 3.8) is 0 Å². The number of urea groups is 1. The van der Waals surface area contributed by atoms with Crippen LogP contribution in [-0.2, 0) is 16.2 Å². The van der Waals surface area contributed by atoms with Gasteiger partial charge in [0.05, 0.1) is 12.8 Å². The van der Waals surface area contributed by atoms with Crippen LogP contribution in [-0.4, -0.2) is 25.0 Å². The molecule has 1 aliphatic rings. The molecule has 3 aromatic carbocycles. The minimum atomic E-state index is -0.811. The number of imide groups is 2. The van der Waals surface area contributed by atoms with Gasteiger partial charge in [0.25, 0.3) is 11.8 Å². The highest BCUT2D eigenvalue weighted by atomic mass is 79.9. The van der Waals surface area contributed by atoms with E-state index >= 15 is 0 Å². The predicted octanol–water partition coefficient (Wildman–Crippen LogP) is 5.47. The molecule has 172 valence electrons. The lowest BCUT2D eigenvalue weighted by atomic mass is 10.1. The molecular formula is C25H18Br2N2O5. The molecule has 0 saturated carbocycles. The summed E-state index contributed by atoms with van der Waals surface area (Å²) in [5.41, 5.74) is 1.54. The summed E-state index contributed by atoms with van der Waals surface area (Å²) >= 11 is 6.82. The fourth-order valence-corrected chi connectivity index (χ4v) is 3.96. The van der Waals surface area contributed by atoms with Crippen LogP contribution in [0.25, 0.3) is 6.08 Å². The molecule has 3 aromatic rings. The van der Waals surface area contributed by atoms with E-state index in [1.54, 1.807) is 42.5 Å². The quantitative estimate of drug-likeness (QED) is 0.306. The van der Waals surface area contributed by atoms with Gasteiger partial charge in [-0.1, -0.05) is 50.1 Å². The van der Waals surface area contributed by atoms with Crippen LogP contribution in [0.2, 0.25) is 0 Å². The highest BCUT2D eigenvalue weighted by Gasteiger charge is 2.37. The van der Waals surface area contributed by atoms with Crippen LogP contribution >= 0.6 is 31.9 Å². The second-order valence-corrected chi connectivity index (χ2v) is 8.99. The van der Waals surface area contributed by atoms with Gasteiger partial charge in [-0.3, -0.25) is 14.9 Å². The van der Waals surface area contributed by atoms with Crippen LogP contribution in [0.1, 0.15) is 11.1 Å². The van der Waals surface area contributed by atoms with Crippen molar-refractivity contribution in [1.82, 2.24) is 5.32 Å². The van der Waals surface area contributed by atoms with Crippen LogP contribution in [0.3, 0.4) is 0 Å². The third-order valence-corrected chi connectivity index (χ3v) is 6.35. The summed E-state index contributed by atoms with van der Waals surface area (Å²) in [5, 5.41) is 2.23. The number of ether oxygens (including phenoxy) is 2. The minimum Gasteiger partial charge on any atom is -0.497 e. The average Bonchev–Trinajstić information content (AvgIpc) is 2.82. The molecule has 1 fully saturated rings. The van der Waals surface area contributed by atoms with E-state index in [9.17, 15) is 14.4 Å². The van der Waals surface area contributed by atoms with Crippen LogP contribution in [0.4, 0.5) is 10.5 Å². The van der Waals surface area contributed by atoms with E-state index in [1.807, 2.05) is 24.3 Å².